The van der Waals surface area contributed by atoms with Crippen LogP contribution in [0.5, 0.6) is 0 Å². The Kier molecular flexibility index (Phi) is 5.09. The van der Waals surface area contributed by atoms with Crippen molar-refractivity contribution in [3.63, 3.8) is 0 Å². The molecule has 0 aliphatic rings. The smallest absolute Gasteiger partial charge is 0.237 e. The summed E-state index contributed by atoms with van der Waals surface area (Å²) in [4.78, 5) is 17.0. The maximum atomic E-state index is 12.7. The first-order valence-corrected chi connectivity index (χ1v) is 10.4. The molecule has 1 atom stereocenters. The van der Waals surface area contributed by atoms with Crippen LogP contribution in [-0.2, 0) is 17.8 Å². The first-order valence-electron chi connectivity index (χ1n) is 9.50. The summed E-state index contributed by atoms with van der Waals surface area (Å²) in [6.07, 6.45) is 0.791. The summed E-state index contributed by atoms with van der Waals surface area (Å²) >= 11 is 1.35. The average molecular weight is 394 g/mol. The van der Waals surface area contributed by atoms with E-state index in [4.69, 9.17) is 0 Å². The predicted octanol–water partition coefficient (Wildman–Crippen LogP) is 4.61. The summed E-state index contributed by atoms with van der Waals surface area (Å²) in [5.41, 5.74) is 3.19. The largest absolute Gasteiger partial charge is 0.341 e. The van der Waals surface area contributed by atoms with Crippen LogP contribution in [0, 0.1) is 0 Å². The zero-order valence-corrected chi connectivity index (χ0v) is 17.0. The number of H-pyrrole nitrogens is 1. The van der Waals surface area contributed by atoms with Crippen molar-refractivity contribution in [1.82, 2.24) is 19.7 Å². The van der Waals surface area contributed by atoms with Crippen LogP contribution in [0.3, 0.4) is 0 Å². The highest BCUT2D eigenvalue weighted by molar-refractivity contribution is 8.00. The molecule has 0 aliphatic heterocycles. The molecule has 0 saturated heterocycles. The van der Waals surface area contributed by atoms with E-state index in [0.717, 1.165) is 29.9 Å². The molecule has 4 aromatic rings. The Morgan fingerprint density at radius 2 is 1.96 bits per heavy atom. The summed E-state index contributed by atoms with van der Waals surface area (Å²) in [6, 6.07) is 14.5. The molecule has 7 heteroatoms. The Labute approximate surface area is 167 Å². The Morgan fingerprint density at radius 1 is 1.18 bits per heavy atom. The van der Waals surface area contributed by atoms with Gasteiger partial charge in [0.25, 0.3) is 0 Å². The molecule has 1 amide bonds. The highest BCUT2D eigenvalue weighted by atomic mass is 32.2. The quantitative estimate of drug-likeness (QED) is 0.469. The van der Waals surface area contributed by atoms with E-state index >= 15 is 0 Å². The summed E-state index contributed by atoms with van der Waals surface area (Å²) in [6.45, 7) is 6.92. The highest BCUT2D eigenvalue weighted by Gasteiger charge is 2.18. The number of nitrogens with one attached hydrogen (secondary N) is 2. The lowest BCUT2D eigenvalue weighted by Crippen LogP contribution is -2.22. The molecule has 2 N–H and O–H groups in total. The van der Waals surface area contributed by atoms with Crippen molar-refractivity contribution in [3.05, 3.63) is 48.3 Å². The van der Waals surface area contributed by atoms with Crippen LogP contribution in [-0.4, -0.2) is 30.9 Å². The van der Waals surface area contributed by atoms with Crippen LogP contribution < -0.4 is 5.32 Å². The van der Waals surface area contributed by atoms with Crippen molar-refractivity contribution in [2.24, 2.45) is 0 Å². The van der Waals surface area contributed by atoms with Crippen LogP contribution in [0.2, 0.25) is 0 Å². The van der Waals surface area contributed by atoms with Gasteiger partial charge in [0, 0.05) is 40.5 Å². The van der Waals surface area contributed by atoms with Crippen LogP contribution in [0.15, 0.2) is 47.6 Å². The molecule has 0 spiro atoms. The maximum absolute atomic E-state index is 12.7. The topological polar surface area (TPSA) is 75.6 Å². The number of carbonyl (C=O) groups excluding carboxylic acids is 1. The lowest BCUT2D eigenvalue weighted by atomic mass is 10.1. The van der Waals surface area contributed by atoms with Gasteiger partial charge < -0.3 is 9.88 Å². The molecule has 0 radical (unpaired) electrons. The number of hydrogen-bond acceptors (Lipinski definition) is 4. The first kappa shape index (κ1) is 18.6. The number of hydrogen-bond donors (Lipinski definition) is 2. The SMILES string of the molecule is CCc1nc(SC(C)C(=O)Nc2ccc3c(c2)c2ccccc2n3CC)n[nH]1. The monoisotopic (exact) mass is 393 g/mol. The van der Waals surface area contributed by atoms with E-state index < -0.39 is 0 Å². The number of aromatic amines is 1. The summed E-state index contributed by atoms with van der Waals surface area (Å²) < 4.78 is 2.29. The molecule has 144 valence electrons. The van der Waals surface area contributed by atoms with Gasteiger partial charge in [-0.2, -0.15) is 0 Å². The molecular formula is C21H23N5OS. The normalized spacial score (nSPS) is 12.5. The standard InChI is InChI=1S/C21H23N5OS/c1-4-19-23-21(25-24-19)28-13(3)20(27)22-14-10-11-18-16(12-14)15-8-6-7-9-17(15)26(18)5-2/h6-13H,4-5H2,1-3H3,(H,22,27)(H,23,24,25). The number of nitrogens with zero attached hydrogens (tertiary/aromatic N) is 3. The van der Waals surface area contributed by atoms with Gasteiger partial charge >= 0.3 is 0 Å². The second-order valence-corrected chi connectivity index (χ2v) is 7.97. The van der Waals surface area contributed by atoms with Gasteiger partial charge in [-0.1, -0.05) is 36.9 Å². The second-order valence-electron chi connectivity index (χ2n) is 6.66. The van der Waals surface area contributed by atoms with Crippen molar-refractivity contribution in [3.8, 4) is 0 Å². The van der Waals surface area contributed by atoms with Crippen molar-refractivity contribution >= 4 is 45.2 Å². The third kappa shape index (κ3) is 3.38. The van der Waals surface area contributed by atoms with Gasteiger partial charge in [0.2, 0.25) is 11.1 Å². The average Bonchev–Trinajstić information content (AvgIpc) is 3.29. The van der Waals surface area contributed by atoms with Crippen LogP contribution >= 0.6 is 11.8 Å². The molecule has 0 aliphatic carbocycles. The van der Waals surface area contributed by atoms with Gasteiger partial charge in [0.1, 0.15) is 5.82 Å². The fraction of sp³-hybridized carbons (Fsp3) is 0.286. The van der Waals surface area contributed by atoms with E-state index in [1.165, 1.54) is 28.2 Å². The Morgan fingerprint density at radius 3 is 2.71 bits per heavy atom. The van der Waals surface area contributed by atoms with Gasteiger partial charge in [0.05, 0.1) is 5.25 Å². The number of carbonyl (C=O) groups is 1. The zero-order chi connectivity index (χ0) is 19.7. The van der Waals surface area contributed by atoms with Crippen LogP contribution in [0.25, 0.3) is 21.8 Å². The predicted molar refractivity (Wildman–Crippen MR) is 115 cm³/mol. The summed E-state index contributed by atoms with van der Waals surface area (Å²) in [5.74, 6) is 0.763. The third-order valence-corrected chi connectivity index (χ3v) is 5.81. The molecule has 1 unspecified atom stereocenters. The number of anilines is 1. The Balaban J connectivity index is 1.57. The molecule has 2 heterocycles. The summed E-state index contributed by atoms with van der Waals surface area (Å²) in [5, 5.41) is 12.7. The minimum atomic E-state index is -0.298. The number of amides is 1. The Bertz CT molecular complexity index is 1150. The van der Waals surface area contributed by atoms with Gasteiger partial charge in [0.15, 0.2) is 0 Å². The molecule has 2 aromatic heterocycles. The number of aryl methyl sites for hydroxylation is 2. The minimum Gasteiger partial charge on any atom is -0.341 e. The van der Waals surface area contributed by atoms with Crippen molar-refractivity contribution in [1.29, 1.82) is 0 Å². The number of aromatic nitrogens is 4. The molecule has 4 rings (SSSR count). The number of para-hydroxylation sites is 1. The molecule has 0 bridgehead atoms. The minimum absolute atomic E-state index is 0.0635. The number of fused-ring (bicyclic) bond motifs is 3. The van der Waals surface area contributed by atoms with E-state index in [2.05, 4.69) is 62.3 Å². The fourth-order valence-corrected chi connectivity index (χ4v) is 4.16. The van der Waals surface area contributed by atoms with Gasteiger partial charge in [-0.05, 0) is 38.1 Å². The van der Waals surface area contributed by atoms with E-state index in [1.807, 2.05) is 26.0 Å². The third-order valence-electron chi connectivity index (χ3n) is 4.85. The highest BCUT2D eigenvalue weighted by Crippen LogP contribution is 2.31. The van der Waals surface area contributed by atoms with Gasteiger partial charge in [-0.15, -0.1) is 5.10 Å². The number of benzene rings is 2. The van der Waals surface area contributed by atoms with Crippen molar-refractivity contribution in [2.45, 2.75) is 44.1 Å². The van der Waals surface area contributed by atoms with Crippen molar-refractivity contribution in [2.75, 3.05) is 5.32 Å². The van der Waals surface area contributed by atoms with Crippen LogP contribution in [0.1, 0.15) is 26.6 Å². The summed E-state index contributed by atoms with van der Waals surface area (Å²) in [7, 11) is 0. The molecule has 0 saturated carbocycles. The Hall–Kier alpha value is -2.80. The first-order chi connectivity index (χ1) is 13.6. The number of thioether (sulfide) groups is 1. The second kappa shape index (κ2) is 7.67. The van der Waals surface area contributed by atoms with E-state index in [9.17, 15) is 4.79 Å². The van der Waals surface area contributed by atoms with E-state index in [0.29, 0.717) is 5.16 Å². The molecule has 2 aromatic carbocycles. The van der Waals surface area contributed by atoms with E-state index in [-0.39, 0.29) is 11.2 Å². The molecular weight excluding hydrogens is 370 g/mol. The zero-order valence-electron chi connectivity index (χ0n) is 16.2. The number of rotatable bonds is 6. The van der Waals surface area contributed by atoms with Crippen LogP contribution in [0.4, 0.5) is 5.69 Å². The van der Waals surface area contributed by atoms with E-state index in [1.54, 1.807) is 0 Å². The molecule has 0 fully saturated rings. The van der Waals surface area contributed by atoms with Gasteiger partial charge in [-0.25, -0.2) is 4.98 Å². The molecule has 28 heavy (non-hydrogen) atoms. The molecule has 6 nitrogen and oxygen atoms in total. The van der Waals surface area contributed by atoms with Crippen molar-refractivity contribution < 1.29 is 4.79 Å². The lowest BCUT2D eigenvalue weighted by Gasteiger charge is -2.10. The fourth-order valence-electron chi connectivity index (χ4n) is 3.42. The lowest BCUT2D eigenvalue weighted by molar-refractivity contribution is -0.115. The maximum Gasteiger partial charge on any atom is 0.237 e. The van der Waals surface area contributed by atoms with Gasteiger partial charge in [-0.3, -0.25) is 9.89 Å².